The molecule has 3 heterocycles. The Morgan fingerprint density at radius 3 is 1.51 bits per heavy atom. The number of rotatable bonds is 10. The van der Waals surface area contributed by atoms with Gasteiger partial charge >= 0.3 is 0 Å². The van der Waals surface area contributed by atoms with Gasteiger partial charge in [0.05, 0.1) is 0 Å². The van der Waals surface area contributed by atoms with Gasteiger partial charge in [0.1, 0.15) is 5.82 Å². The van der Waals surface area contributed by atoms with Crippen LogP contribution in [0.15, 0.2) is 181 Å². The first kappa shape index (κ1) is 56.1. The van der Waals surface area contributed by atoms with Crippen LogP contribution >= 0.6 is 0 Å². The number of nitrogens with zero attached hydrogens (tertiary/aromatic N) is 4. The van der Waals surface area contributed by atoms with Crippen LogP contribution in [0, 0.1) is 29.6 Å². The molecule has 0 aliphatic carbocycles. The van der Waals surface area contributed by atoms with Gasteiger partial charge in [0.15, 0.2) is 0 Å². The summed E-state index contributed by atoms with van der Waals surface area (Å²) >= 11 is 0. The van der Waals surface area contributed by atoms with Crippen molar-refractivity contribution in [1.29, 1.82) is 0 Å². The maximum Gasteiger partial charge on any atom is 0.135 e. The zero-order chi connectivity index (χ0) is 55.0. The second-order valence-corrected chi connectivity index (χ2v) is 26.4. The molecule has 0 saturated heterocycles. The fourth-order valence-electron chi connectivity index (χ4n) is 11.1. The zero-order valence-corrected chi connectivity index (χ0v) is 51.0. The molecule has 78 heavy (non-hydrogen) atoms. The van der Waals surface area contributed by atoms with Gasteiger partial charge in [-0.05, 0) is 85.5 Å². The molecular formula is C72H77N4OPt-3. The Morgan fingerprint density at radius 1 is 0.423 bits per heavy atom. The average Bonchev–Trinajstić information content (AvgIpc) is 4.21. The number of fused-ring (bicyclic) bond motifs is 3. The minimum atomic E-state index is -0.296. The van der Waals surface area contributed by atoms with Gasteiger partial charge in [-0.3, -0.25) is 0 Å². The molecule has 0 spiro atoms. The summed E-state index contributed by atoms with van der Waals surface area (Å²) in [6.45, 7) is 39.3. The van der Waals surface area contributed by atoms with Crippen molar-refractivity contribution < 1.29 is 25.8 Å². The fraction of sp³-hybridized carbons (Fsp3) is 0.306. The van der Waals surface area contributed by atoms with Crippen LogP contribution in [-0.4, -0.2) is 9.55 Å². The normalized spacial score (nSPS) is 13.9. The molecule has 1 aliphatic heterocycles. The molecule has 7 aromatic carbocycles. The van der Waals surface area contributed by atoms with E-state index in [1.165, 1.54) is 44.8 Å². The summed E-state index contributed by atoms with van der Waals surface area (Å²) in [5.41, 5.74) is 14.8. The molecule has 0 radical (unpaired) electrons. The van der Waals surface area contributed by atoms with E-state index in [4.69, 9.17) is 9.72 Å². The molecule has 6 heteroatoms. The molecule has 9 aromatic rings. The Morgan fingerprint density at radius 2 is 0.962 bits per heavy atom. The number of anilines is 2. The molecule has 0 saturated carbocycles. The third kappa shape index (κ3) is 10.8. The molecule has 0 atom stereocenters. The molecule has 0 amide bonds. The standard InChI is InChI=1S/C72H77N4O.Pt/c1-67(2,3)52-32-35-62-61(43-52)60-34-33-58(46-63(60)76(62)64-44-53(36-37-73-64)68(4,5)6)77-59-39-49(48-26-20-17-21-27-48)38-56(45-59)74-47-75(66(70(10,11)12)65(74)69(7,8)9)57-41-54(71(13,14)50-28-22-18-23-29-50)40-55(42-57)72(15,16)51-30-24-19-25-31-51;/h17-44,47H,1-16H3;/q-3;. The van der Waals surface area contributed by atoms with Gasteiger partial charge in [-0.15, -0.1) is 53.6 Å². The molecule has 10 rings (SSSR count). The van der Waals surface area contributed by atoms with Gasteiger partial charge in [-0.1, -0.05) is 225 Å². The minimum absolute atomic E-state index is 0. The van der Waals surface area contributed by atoms with Crippen molar-refractivity contribution in [2.24, 2.45) is 10.8 Å². The van der Waals surface area contributed by atoms with Crippen molar-refractivity contribution in [2.75, 3.05) is 9.80 Å². The molecule has 404 valence electrons. The monoisotopic (exact) mass is 1210 g/mol. The summed E-state index contributed by atoms with van der Waals surface area (Å²) in [6.07, 6.45) is 1.93. The Kier molecular flexibility index (Phi) is 14.7. The number of aromatic nitrogens is 2. The van der Waals surface area contributed by atoms with Crippen LogP contribution in [-0.2, 0) is 42.7 Å². The summed E-state index contributed by atoms with van der Waals surface area (Å²) in [5, 5.41) is 2.25. The molecule has 0 bridgehead atoms. The van der Waals surface area contributed by atoms with Gasteiger partial charge < -0.3 is 19.1 Å². The summed E-state index contributed by atoms with van der Waals surface area (Å²) in [4.78, 5) is 9.84. The predicted molar refractivity (Wildman–Crippen MR) is 324 cm³/mol. The third-order valence-corrected chi connectivity index (χ3v) is 15.8. The molecule has 1 aliphatic rings. The molecule has 5 nitrogen and oxygen atoms in total. The van der Waals surface area contributed by atoms with E-state index in [9.17, 15) is 0 Å². The number of ether oxygens (including phenoxy) is 1. The van der Waals surface area contributed by atoms with Crippen molar-refractivity contribution in [3.05, 3.63) is 234 Å². The van der Waals surface area contributed by atoms with E-state index in [-0.39, 0.29) is 53.6 Å². The maximum absolute atomic E-state index is 7.09. The molecule has 0 unspecified atom stereocenters. The number of hydrogen-bond acceptors (Lipinski definition) is 4. The Bertz CT molecular complexity index is 3600. The Labute approximate surface area is 480 Å². The maximum atomic E-state index is 7.09. The molecule has 0 fully saturated rings. The topological polar surface area (TPSA) is 33.5 Å². The quantitative estimate of drug-likeness (QED) is 0.128. The summed E-state index contributed by atoms with van der Waals surface area (Å²) in [5.74, 6) is 2.04. The van der Waals surface area contributed by atoms with E-state index in [0.717, 1.165) is 50.1 Å². The second kappa shape index (κ2) is 20.5. The van der Waals surface area contributed by atoms with Crippen molar-refractivity contribution in [2.45, 2.75) is 132 Å². The summed E-state index contributed by atoms with van der Waals surface area (Å²) in [7, 11) is 0. The van der Waals surface area contributed by atoms with E-state index in [1.54, 1.807) is 0 Å². The van der Waals surface area contributed by atoms with Crippen molar-refractivity contribution in [3.8, 4) is 28.4 Å². The number of hydrogen-bond donors (Lipinski definition) is 0. The second-order valence-electron chi connectivity index (χ2n) is 26.4. The number of allylic oxidation sites excluding steroid dienone is 2. The van der Waals surface area contributed by atoms with Gasteiger partial charge in [0.2, 0.25) is 0 Å². The smallest absolute Gasteiger partial charge is 0.135 e. The van der Waals surface area contributed by atoms with Crippen LogP contribution < -0.4 is 14.5 Å². The van der Waals surface area contributed by atoms with Crippen molar-refractivity contribution in [1.82, 2.24) is 9.55 Å². The summed E-state index contributed by atoms with van der Waals surface area (Å²) < 4.78 is 9.34. The van der Waals surface area contributed by atoms with Crippen molar-refractivity contribution >= 4 is 33.2 Å². The van der Waals surface area contributed by atoms with Gasteiger partial charge in [0, 0.05) is 83.0 Å². The predicted octanol–water partition coefficient (Wildman–Crippen LogP) is 19.2. The molecular weight excluding hydrogens is 1130 g/mol. The first-order valence-corrected chi connectivity index (χ1v) is 27.4. The van der Waals surface area contributed by atoms with E-state index in [2.05, 4.69) is 308 Å². The van der Waals surface area contributed by atoms with Crippen LogP contribution in [0.1, 0.15) is 144 Å². The van der Waals surface area contributed by atoms with E-state index < -0.39 is 0 Å². The fourth-order valence-corrected chi connectivity index (χ4v) is 11.1. The van der Waals surface area contributed by atoms with Crippen molar-refractivity contribution in [3.63, 3.8) is 0 Å². The molecule has 2 aromatic heterocycles. The van der Waals surface area contributed by atoms with E-state index in [0.29, 0.717) is 11.5 Å². The first-order valence-electron chi connectivity index (χ1n) is 27.4. The zero-order valence-electron chi connectivity index (χ0n) is 48.8. The largest absolute Gasteiger partial charge is 0.509 e. The first-order chi connectivity index (χ1) is 36.2. The third-order valence-electron chi connectivity index (χ3n) is 15.8. The number of benzene rings is 7. The Hall–Kier alpha value is -6.68. The van der Waals surface area contributed by atoms with E-state index in [1.807, 2.05) is 6.20 Å². The average molecular weight is 1210 g/mol. The van der Waals surface area contributed by atoms with Gasteiger partial charge in [-0.25, -0.2) is 4.98 Å². The van der Waals surface area contributed by atoms with Gasteiger partial charge in [0.25, 0.3) is 0 Å². The SMILES string of the molecule is CC(C)(C)C1=C(C(C)(C)C)N(c2cc(C(C)(C)c3ccccc3)cc(C(C)(C)c3ccccc3)c2)[CH-]N1c1[c-]c(Oc2[c-]c3c(cc2)c2cc(C(C)(C)C)ccc2n3-c2cc(C(C)(C)C)ccn2)cc(-c2ccccc2)c1.[Pt]. The Balaban J connectivity index is 0.00000740. The van der Waals surface area contributed by atoms with Crippen LogP contribution in [0.5, 0.6) is 11.5 Å². The molecule has 0 N–H and O–H groups in total. The minimum Gasteiger partial charge on any atom is -0.509 e. The van der Waals surface area contributed by atoms with Gasteiger partial charge in [-0.2, -0.15) is 6.07 Å². The number of pyridine rings is 1. The van der Waals surface area contributed by atoms with E-state index >= 15 is 0 Å². The van der Waals surface area contributed by atoms with Crippen LogP contribution in [0.3, 0.4) is 0 Å². The van der Waals surface area contributed by atoms with Crippen LogP contribution in [0.4, 0.5) is 11.4 Å². The summed E-state index contributed by atoms with van der Waals surface area (Å²) in [6, 6.07) is 67.2. The van der Waals surface area contributed by atoms with Crippen LogP contribution in [0.25, 0.3) is 38.8 Å². The van der Waals surface area contributed by atoms with Crippen LogP contribution in [0.2, 0.25) is 0 Å².